The highest BCUT2D eigenvalue weighted by atomic mass is 32.2. The van der Waals surface area contributed by atoms with E-state index in [2.05, 4.69) is 13.0 Å². The fourth-order valence-electron chi connectivity index (χ4n) is 3.33. The van der Waals surface area contributed by atoms with Gasteiger partial charge in [0.05, 0.1) is 11.6 Å². The second kappa shape index (κ2) is 12.6. The van der Waals surface area contributed by atoms with Crippen LogP contribution in [0.5, 0.6) is 5.75 Å². The maximum absolute atomic E-state index is 12.5. The van der Waals surface area contributed by atoms with Crippen molar-refractivity contribution < 1.29 is 14.3 Å². The molecular weight excluding hydrogens is 430 g/mol. The molecule has 0 N–H and O–H groups in total. The number of unbranched alkanes of at least 4 members (excludes halogenated alkanes) is 4. The second-order valence-electron chi connectivity index (χ2n) is 7.77. The number of hydrogen-bond donors (Lipinski definition) is 0. The fourth-order valence-corrected chi connectivity index (χ4v) is 4.07. The van der Waals surface area contributed by atoms with Gasteiger partial charge < -0.3 is 4.74 Å². The number of nitrogens with zero attached hydrogens (tertiary/aromatic N) is 1. The summed E-state index contributed by atoms with van der Waals surface area (Å²) in [7, 11) is 0. The number of esters is 1. The largest absolute Gasteiger partial charge is 0.427 e. The molecule has 0 aliphatic carbocycles. The average Bonchev–Trinajstić information content (AvgIpc) is 2.85. The lowest BCUT2D eigenvalue weighted by Crippen LogP contribution is -2.07. The van der Waals surface area contributed by atoms with Gasteiger partial charge in [-0.1, -0.05) is 56.9 Å². The number of ether oxygens (including phenoxy) is 1. The van der Waals surface area contributed by atoms with Gasteiger partial charge in [-0.05, 0) is 77.8 Å². The summed E-state index contributed by atoms with van der Waals surface area (Å²) in [6.45, 7) is 2.17. The van der Waals surface area contributed by atoms with Crippen LogP contribution < -0.4 is 4.74 Å². The Morgan fingerprint density at radius 2 is 1.42 bits per heavy atom. The van der Waals surface area contributed by atoms with Gasteiger partial charge in [0.2, 0.25) is 5.12 Å². The Morgan fingerprint density at radius 3 is 2.03 bits per heavy atom. The van der Waals surface area contributed by atoms with Gasteiger partial charge in [-0.25, -0.2) is 0 Å². The van der Waals surface area contributed by atoms with Crippen molar-refractivity contribution in [2.75, 3.05) is 0 Å². The Labute approximate surface area is 199 Å². The first-order valence-electron chi connectivity index (χ1n) is 11.2. The molecule has 0 radical (unpaired) electrons. The summed E-state index contributed by atoms with van der Waals surface area (Å²) in [5.74, 6) is 0.352. The molecule has 0 spiro atoms. The van der Waals surface area contributed by atoms with Crippen LogP contribution in [0.15, 0.2) is 77.7 Å². The maximum Gasteiger partial charge on any atom is 0.311 e. The molecule has 3 aromatic carbocycles. The zero-order chi connectivity index (χ0) is 23.5. The molecule has 33 heavy (non-hydrogen) atoms. The molecule has 4 nitrogen and oxygen atoms in total. The van der Waals surface area contributed by atoms with Crippen molar-refractivity contribution in [3.05, 3.63) is 83.9 Å². The molecule has 0 fully saturated rings. The Kier molecular flexibility index (Phi) is 9.29. The van der Waals surface area contributed by atoms with E-state index in [0.717, 1.165) is 47.0 Å². The molecule has 0 saturated carbocycles. The molecule has 0 heterocycles. The number of hydrogen-bond acceptors (Lipinski definition) is 5. The minimum Gasteiger partial charge on any atom is -0.427 e. The van der Waals surface area contributed by atoms with Crippen LogP contribution in [-0.4, -0.2) is 11.1 Å². The summed E-state index contributed by atoms with van der Waals surface area (Å²) in [5.41, 5.74) is 3.13. The first-order valence-corrected chi connectivity index (χ1v) is 12.0. The van der Waals surface area contributed by atoms with Crippen molar-refractivity contribution >= 4 is 22.8 Å². The van der Waals surface area contributed by atoms with Gasteiger partial charge in [-0.3, -0.25) is 9.59 Å². The molecule has 0 amide bonds. The Morgan fingerprint density at radius 1 is 0.818 bits per heavy atom. The lowest BCUT2D eigenvalue weighted by Gasteiger charge is -2.07. The van der Waals surface area contributed by atoms with Crippen LogP contribution in [0.4, 0.5) is 0 Å². The molecular formula is C28H27NO3S. The Balaban J connectivity index is 1.53. The van der Waals surface area contributed by atoms with Crippen LogP contribution in [-0.2, 0) is 4.79 Å². The van der Waals surface area contributed by atoms with E-state index >= 15 is 0 Å². The van der Waals surface area contributed by atoms with Crippen molar-refractivity contribution in [3.8, 4) is 22.9 Å². The molecule has 3 aromatic rings. The number of carbonyl (C=O) groups is 2. The number of thioether (sulfide) groups is 1. The topological polar surface area (TPSA) is 67.2 Å². The quantitative estimate of drug-likeness (QED) is 0.137. The normalized spacial score (nSPS) is 10.4. The summed E-state index contributed by atoms with van der Waals surface area (Å²) in [5, 5.41) is 8.82. The second-order valence-corrected chi connectivity index (χ2v) is 8.81. The van der Waals surface area contributed by atoms with Crippen LogP contribution in [0.3, 0.4) is 0 Å². The Bertz CT molecular complexity index is 1100. The van der Waals surface area contributed by atoms with Crippen molar-refractivity contribution in [1.82, 2.24) is 0 Å². The van der Waals surface area contributed by atoms with E-state index in [9.17, 15) is 9.59 Å². The highest BCUT2D eigenvalue weighted by Crippen LogP contribution is 2.27. The van der Waals surface area contributed by atoms with E-state index in [1.807, 2.05) is 24.3 Å². The highest BCUT2D eigenvalue weighted by molar-refractivity contribution is 8.14. The summed E-state index contributed by atoms with van der Waals surface area (Å²) in [6, 6.07) is 23.9. The van der Waals surface area contributed by atoms with Crippen molar-refractivity contribution in [2.24, 2.45) is 0 Å². The number of carbonyl (C=O) groups excluding carboxylic acids is 2. The summed E-state index contributed by atoms with van der Waals surface area (Å²) in [4.78, 5) is 25.3. The van der Waals surface area contributed by atoms with Crippen molar-refractivity contribution in [3.63, 3.8) is 0 Å². The van der Waals surface area contributed by atoms with E-state index in [4.69, 9.17) is 10.00 Å². The van der Waals surface area contributed by atoms with Crippen LogP contribution in [0.25, 0.3) is 11.1 Å². The molecule has 168 valence electrons. The van der Waals surface area contributed by atoms with Gasteiger partial charge >= 0.3 is 5.97 Å². The molecule has 0 bridgehead atoms. The highest BCUT2D eigenvalue weighted by Gasteiger charge is 2.10. The van der Waals surface area contributed by atoms with Crippen LogP contribution >= 0.6 is 11.8 Å². The van der Waals surface area contributed by atoms with Gasteiger partial charge in [-0.2, -0.15) is 5.26 Å². The molecule has 0 atom stereocenters. The third-order valence-electron chi connectivity index (χ3n) is 5.22. The van der Waals surface area contributed by atoms with Gasteiger partial charge in [-0.15, -0.1) is 0 Å². The Hall–Kier alpha value is -3.36. The lowest BCUT2D eigenvalue weighted by molar-refractivity contribution is -0.134. The van der Waals surface area contributed by atoms with Gasteiger partial charge in [0.15, 0.2) is 0 Å². The van der Waals surface area contributed by atoms with Crippen LogP contribution in [0.2, 0.25) is 0 Å². The lowest BCUT2D eigenvalue weighted by atomic mass is 10.0. The zero-order valence-corrected chi connectivity index (χ0v) is 19.6. The summed E-state index contributed by atoms with van der Waals surface area (Å²) in [6.07, 6.45) is 5.94. The van der Waals surface area contributed by atoms with E-state index < -0.39 is 0 Å². The summed E-state index contributed by atoms with van der Waals surface area (Å²) >= 11 is 1.14. The monoisotopic (exact) mass is 457 g/mol. The first-order chi connectivity index (χ1) is 16.1. The maximum atomic E-state index is 12.5. The minimum atomic E-state index is -0.193. The predicted molar refractivity (Wildman–Crippen MR) is 132 cm³/mol. The fraction of sp³-hybridized carbons (Fsp3) is 0.250. The first kappa shape index (κ1) is 24.3. The standard InChI is InChI=1S/C28H27NO3S/c1-2-3-4-5-6-7-27(30)32-25-16-14-23(15-17-25)22-10-12-24(13-11-22)28(31)33-26-18-8-21(20-29)9-19-26/h8-19H,2-7H2,1H3. The van der Waals surface area contributed by atoms with Crippen molar-refractivity contribution in [2.45, 2.75) is 50.3 Å². The number of nitriles is 1. The van der Waals surface area contributed by atoms with Crippen molar-refractivity contribution in [1.29, 1.82) is 5.26 Å². The SMILES string of the molecule is CCCCCCCC(=O)Oc1ccc(-c2ccc(C(=O)Sc3ccc(C#N)cc3)cc2)cc1. The molecule has 3 rings (SSSR count). The van der Waals surface area contributed by atoms with Crippen LogP contribution in [0.1, 0.15) is 61.4 Å². The third kappa shape index (κ3) is 7.62. The van der Waals surface area contributed by atoms with Gasteiger partial charge in [0, 0.05) is 16.9 Å². The van der Waals surface area contributed by atoms with Gasteiger partial charge in [0.25, 0.3) is 0 Å². The molecule has 0 unspecified atom stereocenters. The van der Waals surface area contributed by atoms with E-state index in [-0.39, 0.29) is 11.1 Å². The smallest absolute Gasteiger partial charge is 0.311 e. The van der Waals surface area contributed by atoms with Crippen LogP contribution in [0, 0.1) is 11.3 Å². The average molecular weight is 458 g/mol. The van der Waals surface area contributed by atoms with E-state index in [0.29, 0.717) is 23.3 Å². The third-order valence-corrected chi connectivity index (χ3v) is 6.15. The molecule has 5 heteroatoms. The predicted octanol–water partition coefficient (Wildman–Crippen LogP) is 7.42. The zero-order valence-electron chi connectivity index (χ0n) is 18.8. The molecule has 0 saturated heterocycles. The molecule has 0 aliphatic rings. The van der Waals surface area contributed by atoms with E-state index in [1.165, 1.54) is 12.8 Å². The molecule has 0 aliphatic heterocycles. The minimum absolute atomic E-state index is 0.0526. The molecule has 0 aromatic heterocycles. The number of rotatable bonds is 10. The number of benzene rings is 3. The van der Waals surface area contributed by atoms with E-state index in [1.54, 1.807) is 48.5 Å². The van der Waals surface area contributed by atoms with Gasteiger partial charge in [0.1, 0.15) is 5.75 Å². The summed E-state index contributed by atoms with van der Waals surface area (Å²) < 4.78 is 5.43.